The van der Waals surface area contributed by atoms with Crippen LogP contribution in [0.4, 0.5) is 0 Å². The van der Waals surface area contributed by atoms with Crippen molar-refractivity contribution in [2.45, 2.75) is 32.1 Å². The predicted octanol–water partition coefficient (Wildman–Crippen LogP) is 3.51. The monoisotopic (exact) mass is 420 g/mol. The third-order valence-electron chi connectivity index (χ3n) is 4.99. The number of nitrogens with one attached hydrogen (secondary N) is 1. The zero-order valence-corrected chi connectivity index (χ0v) is 17.5. The van der Waals surface area contributed by atoms with Crippen LogP contribution < -0.4 is 5.32 Å². The largest absolute Gasteiger partial charge is 0.352 e. The van der Waals surface area contributed by atoms with Crippen LogP contribution in [0.3, 0.4) is 0 Å². The van der Waals surface area contributed by atoms with Crippen LogP contribution >= 0.6 is 11.6 Å². The van der Waals surface area contributed by atoms with Crippen molar-refractivity contribution >= 4 is 27.5 Å². The fourth-order valence-electron chi connectivity index (χ4n) is 3.47. The molecule has 1 aliphatic heterocycles. The number of hydrogen-bond donors (Lipinski definition) is 1. The highest BCUT2D eigenvalue weighted by Crippen LogP contribution is 2.24. The fourth-order valence-corrected chi connectivity index (χ4v) is 5.39. The number of sulfonamides is 1. The molecule has 0 radical (unpaired) electrons. The fraction of sp³-hybridized carbons (Fsp3) is 0.381. The molecule has 28 heavy (non-hydrogen) atoms. The smallest absolute Gasteiger partial charge is 0.224 e. The average Bonchev–Trinajstić information content (AvgIpc) is 2.68. The van der Waals surface area contributed by atoms with E-state index in [2.05, 4.69) is 5.32 Å². The topological polar surface area (TPSA) is 66.5 Å². The first-order valence-electron chi connectivity index (χ1n) is 9.39. The molecule has 3 rings (SSSR count). The van der Waals surface area contributed by atoms with Gasteiger partial charge in [-0.3, -0.25) is 4.79 Å². The Hall–Kier alpha value is -1.89. The van der Waals surface area contributed by atoms with E-state index < -0.39 is 10.0 Å². The molecule has 5 nitrogen and oxygen atoms in total. The summed E-state index contributed by atoms with van der Waals surface area (Å²) in [6.45, 7) is 3.11. The number of piperidine rings is 1. The summed E-state index contributed by atoms with van der Waals surface area (Å²) < 4.78 is 27.1. The second-order valence-electron chi connectivity index (χ2n) is 7.25. The zero-order valence-electron chi connectivity index (χ0n) is 15.9. The van der Waals surface area contributed by atoms with Gasteiger partial charge in [0.25, 0.3) is 0 Å². The van der Waals surface area contributed by atoms with Crippen LogP contribution in [0, 0.1) is 12.8 Å². The minimum Gasteiger partial charge on any atom is -0.352 e. The summed E-state index contributed by atoms with van der Waals surface area (Å²) in [5.74, 6) is -0.580. The number of carbonyl (C=O) groups is 1. The highest BCUT2D eigenvalue weighted by molar-refractivity contribution is 7.88. The molecule has 0 spiro atoms. The van der Waals surface area contributed by atoms with E-state index in [1.165, 1.54) is 4.31 Å². The number of halogens is 1. The molecule has 0 aliphatic carbocycles. The molecule has 0 aromatic heterocycles. The van der Waals surface area contributed by atoms with Crippen molar-refractivity contribution in [1.29, 1.82) is 0 Å². The summed E-state index contributed by atoms with van der Waals surface area (Å²) in [7, 11) is -3.53. The van der Waals surface area contributed by atoms with Crippen molar-refractivity contribution in [3.8, 4) is 0 Å². The number of benzene rings is 2. The summed E-state index contributed by atoms with van der Waals surface area (Å²) in [6.07, 6.45) is 1.36. The number of nitrogens with zero attached hydrogens (tertiary/aromatic N) is 1. The lowest BCUT2D eigenvalue weighted by molar-refractivity contribution is -0.126. The van der Waals surface area contributed by atoms with Gasteiger partial charge < -0.3 is 5.32 Å². The normalized spacial score (nSPS) is 18.0. The highest BCUT2D eigenvalue weighted by atomic mass is 35.5. The van der Waals surface area contributed by atoms with E-state index in [-0.39, 0.29) is 24.1 Å². The van der Waals surface area contributed by atoms with Gasteiger partial charge >= 0.3 is 0 Å². The van der Waals surface area contributed by atoms with Crippen molar-refractivity contribution in [1.82, 2.24) is 9.62 Å². The number of amides is 1. The Kier molecular flexibility index (Phi) is 6.75. The van der Waals surface area contributed by atoms with E-state index in [1.807, 2.05) is 31.2 Å². The van der Waals surface area contributed by atoms with Crippen molar-refractivity contribution in [3.63, 3.8) is 0 Å². The molecule has 1 heterocycles. The van der Waals surface area contributed by atoms with Crippen LogP contribution in [-0.2, 0) is 27.1 Å². The number of carbonyl (C=O) groups excluding carboxylic acids is 1. The average molecular weight is 421 g/mol. The third kappa shape index (κ3) is 5.34. The Labute approximate surface area is 171 Å². The molecule has 1 saturated heterocycles. The van der Waals surface area contributed by atoms with Crippen LogP contribution in [0.2, 0.25) is 5.02 Å². The summed E-state index contributed by atoms with van der Waals surface area (Å²) in [5, 5.41) is 3.39. The third-order valence-corrected chi connectivity index (χ3v) is 7.16. The van der Waals surface area contributed by atoms with E-state index in [9.17, 15) is 13.2 Å². The Morgan fingerprint density at radius 2 is 2.00 bits per heavy atom. The minimum atomic E-state index is -3.53. The maximum atomic E-state index is 12.8. The molecule has 1 unspecified atom stereocenters. The predicted molar refractivity (Wildman–Crippen MR) is 111 cm³/mol. The van der Waals surface area contributed by atoms with Crippen LogP contribution in [0.5, 0.6) is 0 Å². The molecule has 1 atom stereocenters. The quantitative estimate of drug-likeness (QED) is 0.777. The summed E-state index contributed by atoms with van der Waals surface area (Å²) >= 11 is 6.11. The maximum Gasteiger partial charge on any atom is 0.224 e. The van der Waals surface area contributed by atoms with E-state index in [4.69, 9.17) is 11.6 Å². The van der Waals surface area contributed by atoms with Crippen LogP contribution in [0.15, 0.2) is 48.5 Å². The van der Waals surface area contributed by atoms with Gasteiger partial charge in [-0.25, -0.2) is 12.7 Å². The summed E-state index contributed by atoms with van der Waals surface area (Å²) in [6, 6.07) is 14.9. The summed E-state index contributed by atoms with van der Waals surface area (Å²) in [5.41, 5.74) is 2.75. The standard InChI is InChI=1S/C21H25ClN2O3S/c1-16-6-4-7-17(12-16)13-23-21(25)18-9-5-11-24(14-18)28(26,27)15-19-8-2-3-10-20(19)22/h2-4,6-8,10,12,18H,5,9,11,13-15H2,1H3,(H,23,25). The summed E-state index contributed by atoms with van der Waals surface area (Å²) in [4.78, 5) is 12.6. The van der Waals surface area contributed by atoms with E-state index in [1.54, 1.807) is 24.3 Å². The van der Waals surface area contributed by atoms with Crippen molar-refractivity contribution in [2.75, 3.05) is 13.1 Å². The van der Waals surface area contributed by atoms with Gasteiger partial charge in [0.1, 0.15) is 0 Å². The lowest BCUT2D eigenvalue weighted by Crippen LogP contribution is -2.45. The molecule has 1 N–H and O–H groups in total. The number of rotatable bonds is 6. The van der Waals surface area contributed by atoms with Gasteiger partial charge in [0.15, 0.2) is 0 Å². The van der Waals surface area contributed by atoms with Gasteiger partial charge in [0, 0.05) is 24.7 Å². The molecular formula is C21H25ClN2O3S. The molecule has 1 fully saturated rings. The van der Waals surface area contributed by atoms with E-state index >= 15 is 0 Å². The van der Waals surface area contributed by atoms with Crippen molar-refractivity contribution < 1.29 is 13.2 Å². The van der Waals surface area contributed by atoms with E-state index in [0.29, 0.717) is 36.5 Å². The zero-order chi connectivity index (χ0) is 20.1. The van der Waals surface area contributed by atoms with Crippen LogP contribution in [-0.4, -0.2) is 31.7 Å². The SMILES string of the molecule is Cc1cccc(CNC(=O)C2CCCN(S(=O)(=O)Cc3ccccc3Cl)C2)c1. The van der Waals surface area contributed by atoms with Gasteiger partial charge in [-0.1, -0.05) is 59.6 Å². The second-order valence-corrected chi connectivity index (χ2v) is 9.63. The molecule has 7 heteroatoms. The first kappa shape index (κ1) is 20.8. The van der Waals surface area contributed by atoms with Gasteiger partial charge in [-0.05, 0) is 37.0 Å². The van der Waals surface area contributed by atoms with Gasteiger partial charge in [0.05, 0.1) is 11.7 Å². The lowest BCUT2D eigenvalue weighted by atomic mass is 9.98. The van der Waals surface area contributed by atoms with Gasteiger partial charge in [0.2, 0.25) is 15.9 Å². The molecule has 2 aromatic carbocycles. The Bertz CT molecular complexity index is 946. The molecule has 1 amide bonds. The van der Waals surface area contributed by atoms with Crippen molar-refractivity contribution in [2.24, 2.45) is 5.92 Å². The maximum absolute atomic E-state index is 12.8. The molecule has 0 saturated carbocycles. The Morgan fingerprint density at radius 1 is 1.21 bits per heavy atom. The molecule has 0 bridgehead atoms. The highest BCUT2D eigenvalue weighted by Gasteiger charge is 2.32. The first-order valence-corrected chi connectivity index (χ1v) is 11.4. The van der Waals surface area contributed by atoms with Crippen LogP contribution in [0.1, 0.15) is 29.5 Å². The number of hydrogen-bond acceptors (Lipinski definition) is 3. The van der Waals surface area contributed by atoms with Crippen molar-refractivity contribution in [3.05, 3.63) is 70.2 Å². The van der Waals surface area contributed by atoms with Gasteiger partial charge in [-0.15, -0.1) is 0 Å². The van der Waals surface area contributed by atoms with E-state index in [0.717, 1.165) is 11.1 Å². The molecular weight excluding hydrogens is 396 g/mol. The second kappa shape index (κ2) is 9.07. The van der Waals surface area contributed by atoms with Gasteiger partial charge in [-0.2, -0.15) is 0 Å². The van der Waals surface area contributed by atoms with Crippen LogP contribution in [0.25, 0.3) is 0 Å². The minimum absolute atomic E-state index is 0.0980. The molecule has 1 aliphatic rings. The molecule has 150 valence electrons. The Morgan fingerprint density at radius 3 is 2.75 bits per heavy atom. The number of aryl methyl sites for hydroxylation is 1. The molecule has 2 aromatic rings. The first-order chi connectivity index (χ1) is 13.3. The Balaban J connectivity index is 1.61. The lowest BCUT2D eigenvalue weighted by Gasteiger charge is -2.31.